The Morgan fingerprint density at radius 1 is 1.35 bits per heavy atom. The van der Waals surface area contributed by atoms with E-state index in [1.165, 1.54) is 6.92 Å². The number of nitrogens with zero attached hydrogens (tertiary/aromatic N) is 1. The summed E-state index contributed by atoms with van der Waals surface area (Å²) < 4.78 is 51.4. The molecule has 0 radical (unpaired) electrons. The molecule has 0 amide bonds. The Hall–Kier alpha value is -1.96. The van der Waals surface area contributed by atoms with E-state index in [1.807, 2.05) is 0 Å². The van der Waals surface area contributed by atoms with Gasteiger partial charge < -0.3 is 5.11 Å². The van der Waals surface area contributed by atoms with E-state index in [2.05, 4.69) is 4.98 Å². The number of halogens is 4. The fourth-order valence-corrected chi connectivity index (χ4v) is 2.50. The van der Waals surface area contributed by atoms with Crippen LogP contribution in [0, 0.1) is 12.7 Å². The summed E-state index contributed by atoms with van der Waals surface area (Å²) in [6.45, 7) is 1.40. The molecule has 0 bridgehead atoms. The number of aromatic carboxylic acids is 1. The second kappa shape index (κ2) is 4.86. The van der Waals surface area contributed by atoms with Crippen molar-refractivity contribution in [1.82, 2.24) is 4.98 Å². The molecule has 1 heterocycles. The van der Waals surface area contributed by atoms with Gasteiger partial charge in [-0.3, -0.25) is 0 Å². The van der Waals surface area contributed by atoms with Gasteiger partial charge in [-0.15, -0.1) is 11.3 Å². The zero-order chi connectivity index (χ0) is 15.1. The van der Waals surface area contributed by atoms with Crippen molar-refractivity contribution in [3.63, 3.8) is 0 Å². The molecule has 0 aliphatic rings. The highest BCUT2D eigenvalue weighted by Gasteiger charge is 2.31. The molecule has 2 rings (SSSR count). The van der Waals surface area contributed by atoms with Crippen molar-refractivity contribution in [3.8, 4) is 10.6 Å². The molecule has 0 spiro atoms. The van der Waals surface area contributed by atoms with Crippen LogP contribution in [0.3, 0.4) is 0 Å². The number of hydrogen-bond donors (Lipinski definition) is 1. The van der Waals surface area contributed by atoms with Crippen LogP contribution < -0.4 is 0 Å². The highest BCUT2D eigenvalue weighted by molar-refractivity contribution is 7.17. The van der Waals surface area contributed by atoms with Crippen LogP contribution in [0.4, 0.5) is 17.6 Å². The molecule has 0 saturated carbocycles. The van der Waals surface area contributed by atoms with E-state index in [-0.39, 0.29) is 21.1 Å². The fraction of sp³-hybridized carbons (Fsp3) is 0.167. The minimum atomic E-state index is -4.61. The zero-order valence-electron chi connectivity index (χ0n) is 9.95. The SMILES string of the molecule is Cc1nc(-c2cc(C(F)(F)F)ccc2F)sc1C(=O)O. The number of thiazole rings is 1. The molecule has 3 nitrogen and oxygen atoms in total. The van der Waals surface area contributed by atoms with Gasteiger partial charge in [-0.25, -0.2) is 14.2 Å². The van der Waals surface area contributed by atoms with Crippen LogP contribution in [-0.4, -0.2) is 16.1 Å². The topological polar surface area (TPSA) is 50.2 Å². The first-order valence-electron chi connectivity index (χ1n) is 5.28. The van der Waals surface area contributed by atoms with Gasteiger partial charge in [-0.1, -0.05) is 0 Å². The lowest BCUT2D eigenvalue weighted by Gasteiger charge is -2.08. The predicted octanol–water partition coefficient (Wildman–Crippen LogP) is 3.97. The zero-order valence-corrected chi connectivity index (χ0v) is 10.8. The maximum absolute atomic E-state index is 13.6. The van der Waals surface area contributed by atoms with Gasteiger partial charge in [0.25, 0.3) is 0 Å². The molecule has 1 N–H and O–H groups in total. The molecule has 8 heteroatoms. The van der Waals surface area contributed by atoms with Crippen LogP contribution in [0.5, 0.6) is 0 Å². The van der Waals surface area contributed by atoms with E-state index >= 15 is 0 Å². The summed E-state index contributed by atoms with van der Waals surface area (Å²) in [5, 5.41) is 8.78. The molecule has 0 unspecified atom stereocenters. The Kier molecular flexibility index (Phi) is 3.51. The van der Waals surface area contributed by atoms with Gasteiger partial charge in [-0.05, 0) is 25.1 Å². The largest absolute Gasteiger partial charge is 0.477 e. The molecule has 0 saturated heterocycles. The number of carbonyl (C=O) groups is 1. The second-order valence-electron chi connectivity index (χ2n) is 3.93. The maximum Gasteiger partial charge on any atom is 0.416 e. The van der Waals surface area contributed by atoms with Crippen molar-refractivity contribution in [1.29, 1.82) is 0 Å². The van der Waals surface area contributed by atoms with Crippen molar-refractivity contribution in [2.75, 3.05) is 0 Å². The summed E-state index contributed by atoms with van der Waals surface area (Å²) in [4.78, 5) is 14.6. The first-order chi connectivity index (χ1) is 9.20. The van der Waals surface area contributed by atoms with Crippen LogP contribution in [-0.2, 0) is 6.18 Å². The maximum atomic E-state index is 13.6. The number of aromatic nitrogens is 1. The van der Waals surface area contributed by atoms with Crippen LogP contribution in [0.25, 0.3) is 10.6 Å². The van der Waals surface area contributed by atoms with Gasteiger partial charge in [0.2, 0.25) is 0 Å². The summed E-state index contributed by atoms with van der Waals surface area (Å²) in [5.41, 5.74) is -1.24. The van der Waals surface area contributed by atoms with E-state index in [1.54, 1.807) is 0 Å². The number of carboxylic acids is 1. The summed E-state index contributed by atoms with van der Waals surface area (Å²) in [6.07, 6.45) is -4.61. The van der Waals surface area contributed by atoms with Crippen LogP contribution >= 0.6 is 11.3 Å². The van der Waals surface area contributed by atoms with Gasteiger partial charge >= 0.3 is 12.1 Å². The Labute approximate surface area is 114 Å². The molecular weight excluding hydrogens is 298 g/mol. The number of carboxylic acid groups (broad SMARTS) is 1. The first kappa shape index (κ1) is 14.4. The Balaban J connectivity index is 2.57. The summed E-state index contributed by atoms with van der Waals surface area (Å²) in [6, 6.07) is 1.94. The molecule has 0 aliphatic heterocycles. The van der Waals surface area contributed by atoms with Gasteiger partial charge in [0.1, 0.15) is 15.7 Å². The smallest absolute Gasteiger partial charge is 0.416 e. The molecule has 106 valence electrons. The lowest BCUT2D eigenvalue weighted by molar-refractivity contribution is -0.137. The van der Waals surface area contributed by atoms with Crippen molar-refractivity contribution in [2.45, 2.75) is 13.1 Å². The van der Waals surface area contributed by atoms with E-state index in [9.17, 15) is 22.4 Å². The molecule has 0 atom stereocenters. The molecule has 20 heavy (non-hydrogen) atoms. The lowest BCUT2D eigenvalue weighted by atomic mass is 10.1. The van der Waals surface area contributed by atoms with Crippen LogP contribution in [0.15, 0.2) is 18.2 Å². The minimum absolute atomic E-state index is 0.0940. The quantitative estimate of drug-likeness (QED) is 0.854. The molecular formula is C12H7F4NO2S. The number of hydrogen-bond acceptors (Lipinski definition) is 3. The summed E-state index contributed by atoms with van der Waals surface area (Å²) in [7, 11) is 0. The predicted molar refractivity (Wildman–Crippen MR) is 64.2 cm³/mol. The fourth-order valence-electron chi connectivity index (χ4n) is 1.58. The monoisotopic (exact) mass is 305 g/mol. The van der Waals surface area contributed by atoms with Gasteiger partial charge in [-0.2, -0.15) is 13.2 Å². The Morgan fingerprint density at radius 2 is 2.00 bits per heavy atom. The van der Waals surface area contributed by atoms with Crippen molar-refractivity contribution < 1.29 is 27.5 Å². The van der Waals surface area contributed by atoms with Crippen LogP contribution in [0.1, 0.15) is 20.9 Å². The highest BCUT2D eigenvalue weighted by atomic mass is 32.1. The number of benzene rings is 1. The van der Waals surface area contributed by atoms with Crippen molar-refractivity contribution in [2.24, 2.45) is 0 Å². The molecule has 1 aromatic heterocycles. The second-order valence-corrected chi connectivity index (χ2v) is 4.93. The average Bonchev–Trinajstić information content (AvgIpc) is 2.70. The first-order valence-corrected chi connectivity index (χ1v) is 6.09. The van der Waals surface area contributed by atoms with E-state index < -0.39 is 23.5 Å². The van der Waals surface area contributed by atoms with E-state index in [0.717, 1.165) is 0 Å². The highest BCUT2D eigenvalue weighted by Crippen LogP contribution is 2.35. The van der Waals surface area contributed by atoms with Crippen LogP contribution in [0.2, 0.25) is 0 Å². The standard InChI is InChI=1S/C12H7F4NO2S/c1-5-9(11(18)19)20-10(17-5)7-4-6(12(14,15)16)2-3-8(7)13/h2-4H,1H3,(H,18,19). The number of rotatable bonds is 2. The normalized spacial score (nSPS) is 11.7. The summed E-state index contributed by atoms with van der Waals surface area (Å²) >= 11 is 0.636. The third-order valence-electron chi connectivity index (χ3n) is 2.51. The minimum Gasteiger partial charge on any atom is -0.477 e. The Bertz CT molecular complexity index is 679. The van der Waals surface area contributed by atoms with Crippen molar-refractivity contribution >= 4 is 17.3 Å². The third kappa shape index (κ3) is 2.64. The van der Waals surface area contributed by atoms with E-state index in [0.29, 0.717) is 29.5 Å². The lowest BCUT2D eigenvalue weighted by Crippen LogP contribution is -2.05. The van der Waals surface area contributed by atoms with Gasteiger partial charge in [0.05, 0.1) is 11.3 Å². The molecule has 1 aromatic carbocycles. The third-order valence-corrected chi connectivity index (χ3v) is 3.69. The number of aryl methyl sites for hydroxylation is 1. The van der Waals surface area contributed by atoms with Gasteiger partial charge in [0.15, 0.2) is 0 Å². The Morgan fingerprint density at radius 3 is 2.50 bits per heavy atom. The average molecular weight is 305 g/mol. The molecule has 2 aromatic rings. The number of alkyl halides is 3. The summed E-state index contributed by atoms with van der Waals surface area (Å²) in [5.74, 6) is -2.14. The molecule has 0 aliphatic carbocycles. The van der Waals surface area contributed by atoms with E-state index in [4.69, 9.17) is 5.11 Å². The van der Waals surface area contributed by atoms with Crippen molar-refractivity contribution in [3.05, 3.63) is 40.2 Å². The molecule has 0 fully saturated rings. The van der Waals surface area contributed by atoms with Gasteiger partial charge in [0, 0.05) is 5.56 Å².